The molecule has 0 spiro atoms. The number of aryl methyl sites for hydroxylation is 2. The molecule has 0 N–H and O–H groups in total. The van der Waals surface area contributed by atoms with Gasteiger partial charge in [-0.15, -0.1) is 0 Å². The van der Waals surface area contributed by atoms with Crippen LogP contribution in [0.5, 0.6) is 11.5 Å². The Kier molecular flexibility index (Phi) is 6.25. The van der Waals surface area contributed by atoms with E-state index < -0.39 is 0 Å². The molecule has 6 rings (SSSR count). The molecule has 0 saturated heterocycles. The fourth-order valence-electron chi connectivity index (χ4n) is 5.33. The fourth-order valence-corrected chi connectivity index (χ4v) is 5.33. The molecule has 0 bridgehead atoms. The Bertz CT molecular complexity index is 1910. The second kappa shape index (κ2) is 9.58. The Morgan fingerprint density at radius 3 is 2.17 bits per heavy atom. The van der Waals surface area contributed by atoms with E-state index >= 15 is 0 Å². The smallest absolute Gasteiger partial charge is 0.234 e. The van der Waals surface area contributed by atoms with Crippen molar-refractivity contribution in [1.29, 1.82) is 0 Å². The molecule has 3 aromatic heterocycles. The largest absolute Gasteiger partial charge is 0.457 e. The molecule has 0 aliphatic carbocycles. The van der Waals surface area contributed by atoms with Gasteiger partial charge >= 0.3 is 0 Å². The molecule has 3 heterocycles. The third kappa shape index (κ3) is 4.99. The summed E-state index contributed by atoms with van der Waals surface area (Å²) in [5.41, 5.74) is 7.15. The molecule has 0 fully saturated rings. The first kappa shape index (κ1) is 26.8. The Morgan fingerprint density at radius 1 is 0.707 bits per heavy atom. The number of para-hydroxylation sites is 1. The first-order chi connectivity index (χ1) is 19.4. The average molecular weight is 544 g/mol. The van der Waals surface area contributed by atoms with Gasteiger partial charge < -0.3 is 4.74 Å². The van der Waals surface area contributed by atoms with E-state index in [1.165, 1.54) is 5.56 Å². The molecule has 0 saturated carbocycles. The normalized spacial score (nSPS) is 12.4. The van der Waals surface area contributed by atoms with Crippen molar-refractivity contribution in [3.63, 3.8) is 0 Å². The topological polar surface area (TPSA) is 57.8 Å². The summed E-state index contributed by atoms with van der Waals surface area (Å²) in [5.74, 6) is 2.18. The standard InChI is InChI=1S/C35H37N5O/c1-22-17-23(2)40(38-22)25-18-24(34(3,4)5)19-27(20-25)41-26-13-14-29-28-11-9-10-12-30(28)39(31(29)21-26)33-36-16-15-32(37-33)35(6,7)8/h9-21H,1-8H3. The van der Waals surface area contributed by atoms with Crippen molar-refractivity contribution in [3.05, 3.63) is 102 Å². The number of benzene rings is 3. The van der Waals surface area contributed by atoms with E-state index in [9.17, 15) is 0 Å². The first-order valence-corrected chi connectivity index (χ1v) is 14.1. The molecule has 6 aromatic rings. The zero-order valence-electron chi connectivity index (χ0n) is 25.1. The lowest BCUT2D eigenvalue weighted by Crippen LogP contribution is -2.15. The van der Waals surface area contributed by atoms with Crippen LogP contribution < -0.4 is 4.74 Å². The van der Waals surface area contributed by atoms with Crippen LogP contribution in [-0.2, 0) is 10.8 Å². The molecule has 6 nitrogen and oxygen atoms in total. The van der Waals surface area contributed by atoms with Gasteiger partial charge in [0.2, 0.25) is 5.95 Å². The van der Waals surface area contributed by atoms with Crippen LogP contribution in [-0.4, -0.2) is 24.3 Å². The molecule has 0 aliphatic heterocycles. The van der Waals surface area contributed by atoms with Crippen molar-refractivity contribution in [3.8, 4) is 23.1 Å². The molecule has 208 valence electrons. The van der Waals surface area contributed by atoms with Gasteiger partial charge in [0.15, 0.2) is 0 Å². The molecule has 0 amide bonds. The highest BCUT2D eigenvalue weighted by molar-refractivity contribution is 6.09. The van der Waals surface area contributed by atoms with Crippen molar-refractivity contribution >= 4 is 21.8 Å². The number of nitrogens with zero attached hydrogens (tertiary/aromatic N) is 5. The SMILES string of the molecule is Cc1cc(C)n(-c2cc(Oc3ccc4c5ccccc5n(-c5nccc(C(C)(C)C)n5)c4c3)cc(C(C)(C)C)c2)n1. The van der Waals surface area contributed by atoms with E-state index in [2.05, 4.69) is 114 Å². The molecule has 3 aromatic carbocycles. The summed E-state index contributed by atoms with van der Waals surface area (Å²) < 4.78 is 10.7. The Balaban J connectivity index is 1.50. The maximum atomic E-state index is 6.60. The van der Waals surface area contributed by atoms with Gasteiger partial charge in [-0.3, -0.25) is 4.57 Å². The van der Waals surface area contributed by atoms with Crippen molar-refractivity contribution in [2.24, 2.45) is 0 Å². The minimum atomic E-state index is -0.0913. The number of aromatic nitrogens is 5. The fraction of sp³-hybridized carbons (Fsp3) is 0.286. The summed E-state index contributed by atoms with van der Waals surface area (Å²) in [4.78, 5) is 9.70. The lowest BCUT2D eigenvalue weighted by molar-refractivity contribution is 0.478. The molecule has 0 aliphatic rings. The number of hydrogen-bond acceptors (Lipinski definition) is 4. The molecule has 0 unspecified atom stereocenters. The van der Waals surface area contributed by atoms with Crippen molar-refractivity contribution < 1.29 is 4.74 Å². The zero-order chi connectivity index (χ0) is 29.1. The summed E-state index contributed by atoms with van der Waals surface area (Å²) in [7, 11) is 0. The molecule has 0 atom stereocenters. The van der Waals surface area contributed by atoms with Gasteiger partial charge in [0, 0.05) is 40.2 Å². The van der Waals surface area contributed by atoms with Crippen LogP contribution in [0.1, 0.15) is 64.2 Å². The molecule has 0 radical (unpaired) electrons. The number of rotatable bonds is 4. The Morgan fingerprint density at radius 2 is 1.46 bits per heavy atom. The first-order valence-electron chi connectivity index (χ1n) is 14.1. The lowest BCUT2D eigenvalue weighted by atomic mass is 9.86. The second-order valence-corrected chi connectivity index (χ2v) is 12.9. The third-order valence-corrected chi connectivity index (χ3v) is 7.50. The van der Waals surface area contributed by atoms with Gasteiger partial charge in [0.25, 0.3) is 0 Å². The van der Waals surface area contributed by atoms with Crippen molar-refractivity contribution in [2.75, 3.05) is 0 Å². The third-order valence-electron chi connectivity index (χ3n) is 7.50. The number of fused-ring (bicyclic) bond motifs is 3. The minimum Gasteiger partial charge on any atom is -0.457 e. The highest BCUT2D eigenvalue weighted by Crippen LogP contribution is 2.36. The van der Waals surface area contributed by atoms with Gasteiger partial charge in [0.1, 0.15) is 11.5 Å². The van der Waals surface area contributed by atoms with Crippen LogP contribution in [0.25, 0.3) is 33.4 Å². The van der Waals surface area contributed by atoms with Gasteiger partial charge in [-0.2, -0.15) is 5.10 Å². The maximum Gasteiger partial charge on any atom is 0.234 e. The summed E-state index contributed by atoms with van der Waals surface area (Å²) in [6, 6.07) is 25.1. The van der Waals surface area contributed by atoms with E-state index in [1.54, 1.807) is 0 Å². The maximum absolute atomic E-state index is 6.60. The number of hydrogen-bond donors (Lipinski definition) is 0. The van der Waals surface area contributed by atoms with Crippen molar-refractivity contribution in [2.45, 2.75) is 66.2 Å². The Labute approximate surface area is 241 Å². The van der Waals surface area contributed by atoms with E-state index in [1.807, 2.05) is 29.9 Å². The Hall–Kier alpha value is -4.45. The number of ether oxygens (including phenoxy) is 1. The van der Waals surface area contributed by atoms with E-state index in [4.69, 9.17) is 19.8 Å². The lowest BCUT2D eigenvalue weighted by Gasteiger charge is -2.22. The summed E-state index contributed by atoms with van der Waals surface area (Å²) in [6.45, 7) is 17.3. The van der Waals surface area contributed by atoms with E-state index in [-0.39, 0.29) is 10.8 Å². The predicted octanol–water partition coefficient (Wildman–Crippen LogP) is 8.76. The monoisotopic (exact) mass is 543 g/mol. The van der Waals surface area contributed by atoms with Gasteiger partial charge in [-0.25, -0.2) is 14.6 Å². The highest BCUT2D eigenvalue weighted by atomic mass is 16.5. The summed E-state index contributed by atoms with van der Waals surface area (Å²) in [5, 5.41) is 7.01. The summed E-state index contributed by atoms with van der Waals surface area (Å²) >= 11 is 0. The van der Waals surface area contributed by atoms with Crippen LogP contribution in [0, 0.1) is 13.8 Å². The van der Waals surface area contributed by atoms with E-state index in [0.717, 1.165) is 56.1 Å². The molecule has 41 heavy (non-hydrogen) atoms. The summed E-state index contributed by atoms with van der Waals surface area (Å²) in [6.07, 6.45) is 1.85. The molecule has 6 heteroatoms. The minimum absolute atomic E-state index is 0.0595. The zero-order valence-corrected chi connectivity index (χ0v) is 25.1. The highest BCUT2D eigenvalue weighted by Gasteiger charge is 2.21. The predicted molar refractivity (Wildman–Crippen MR) is 167 cm³/mol. The van der Waals surface area contributed by atoms with Crippen molar-refractivity contribution in [1.82, 2.24) is 24.3 Å². The second-order valence-electron chi connectivity index (χ2n) is 12.9. The van der Waals surface area contributed by atoms with Gasteiger partial charge in [0.05, 0.1) is 28.1 Å². The average Bonchev–Trinajstić information content (AvgIpc) is 3.43. The quantitative estimate of drug-likeness (QED) is 0.223. The van der Waals surface area contributed by atoms with Crippen LogP contribution in [0.3, 0.4) is 0 Å². The van der Waals surface area contributed by atoms with Crippen LogP contribution in [0.15, 0.2) is 79.0 Å². The van der Waals surface area contributed by atoms with Crippen LogP contribution >= 0.6 is 0 Å². The van der Waals surface area contributed by atoms with E-state index in [0.29, 0.717) is 5.95 Å². The van der Waals surface area contributed by atoms with Crippen LogP contribution in [0.2, 0.25) is 0 Å². The van der Waals surface area contributed by atoms with Gasteiger partial charge in [-0.05, 0) is 67.3 Å². The van der Waals surface area contributed by atoms with Crippen LogP contribution in [0.4, 0.5) is 0 Å². The molecular formula is C35H37N5O. The van der Waals surface area contributed by atoms with Gasteiger partial charge in [-0.1, -0.05) is 59.7 Å². The molecular weight excluding hydrogens is 506 g/mol.